The third kappa shape index (κ3) is 4.99. The maximum absolute atomic E-state index is 11.8. The Morgan fingerprint density at radius 1 is 0.920 bits per heavy atom. The van der Waals surface area contributed by atoms with Crippen molar-refractivity contribution in [3.63, 3.8) is 0 Å². The number of aryl methyl sites for hydroxylation is 1. The average molecular weight is 342 g/mol. The second-order valence-electron chi connectivity index (χ2n) is 5.84. The number of carboxylic acids is 1. The van der Waals surface area contributed by atoms with E-state index in [0.29, 0.717) is 31.1 Å². The Labute approximate surface area is 149 Å². The SMILES string of the molecule is CCOc1ccc(CC(C(=O)O)c2ccc(CC)cc2)cc1OCC. The minimum atomic E-state index is -0.823. The Morgan fingerprint density at radius 3 is 2.08 bits per heavy atom. The molecule has 4 nitrogen and oxygen atoms in total. The Bertz CT molecular complexity index is 692. The first kappa shape index (κ1) is 18.8. The number of ether oxygens (including phenoxy) is 2. The van der Waals surface area contributed by atoms with Crippen LogP contribution in [0.2, 0.25) is 0 Å². The highest BCUT2D eigenvalue weighted by atomic mass is 16.5. The van der Waals surface area contributed by atoms with Crippen LogP contribution in [0.3, 0.4) is 0 Å². The van der Waals surface area contributed by atoms with Gasteiger partial charge in [0.2, 0.25) is 0 Å². The second-order valence-corrected chi connectivity index (χ2v) is 5.84. The van der Waals surface area contributed by atoms with E-state index >= 15 is 0 Å². The smallest absolute Gasteiger partial charge is 0.311 e. The van der Waals surface area contributed by atoms with Gasteiger partial charge >= 0.3 is 5.97 Å². The van der Waals surface area contributed by atoms with Crippen LogP contribution in [-0.2, 0) is 17.6 Å². The lowest BCUT2D eigenvalue weighted by Gasteiger charge is -2.16. The Morgan fingerprint density at radius 2 is 1.52 bits per heavy atom. The topological polar surface area (TPSA) is 55.8 Å². The zero-order chi connectivity index (χ0) is 18.2. The van der Waals surface area contributed by atoms with Crippen LogP contribution in [0.25, 0.3) is 0 Å². The molecule has 2 aromatic carbocycles. The van der Waals surface area contributed by atoms with Gasteiger partial charge in [-0.2, -0.15) is 0 Å². The molecule has 134 valence electrons. The Hall–Kier alpha value is -2.49. The fourth-order valence-electron chi connectivity index (χ4n) is 2.79. The largest absolute Gasteiger partial charge is 0.490 e. The molecular formula is C21H26O4. The van der Waals surface area contributed by atoms with Gasteiger partial charge in [-0.3, -0.25) is 4.79 Å². The van der Waals surface area contributed by atoms with Crippen molar-refractivity contribution in [2.75, 3.05) is 13.2 Å². The van der Waals surface area contributed by atoms with Gasteiger partial charge in [-0.1, -0.05) is 37.3 Å². The number of carbonyl (C=O) groups is 1. The highest BCUT2D eigenvalue weighted by Gasteiger charge is 2.21. The first-order valence-electron chi connectivity index (χ1n) is 8.79. The number of benzene rings is 2. The van der Waals surface area contributed by atoms with E-state index in [-0.39, 0.29) is 0 Å². The predicted octanol–water partition coefficient (Wildman–Crippen LogP) is 4.46. The van der Waals surface area contributed by atoms with E-state index < -0.39 is 11.9 Å². The highest BCUT2D eigenvalue weighted by molar-refractivity contribution is 5.76. The summed E-state index contributed by atoms with van der Waals surface area (Å²) >= 11 is 0. The van der Waals surface area contributed by atoms with Gasteiger partial charge in [-0.15, -0.1) is 0 Å². The summed E-state index contributed by atoms with van der Waals surface area (Å²) in [5.74, 6) is -0.0611. The van der Waals surface area contributed by atoms with Crippen LogP contribution in [0.15, 0.2) is 42.5 Å². The Kier molecular flexibility index (Phi) is 6.87. The molecule has 4 heteroatoms. The molecule has 0 aliphatic rings. The molecule has 0 heterocycles. The molecule has 2 aromatic rings. The van der Waals surface area contributed by atoms with E-state index in [1.54, 1.807) is 0 Å². The minimum Gasteiger partial charge on any atom is -0.490 e. The zero-order valence-corrected chi connectivity index (χ0v) is 15.1. The summed E-state index contributed by atoms with van der Waals surface area (Å²) in [4.78, 5) is 11.8. The molecule has 0 radical (unpaired) electrons. The molecule has 25 heavy (non-hydrogen) atoms. The van der Waals surface area contributed by atoms with Crippen molar-refractivity contribution >= 4 is 5.97 Å². The fraction of sp³-hybridized carbons (Fsp3) is 0.381. The zero-order valence-electron chi connectivity index (χ0n) is 15.1. The van der Waals surface area contributed by atoms with Gasteiger partial charge in [-0.05, 0) is 55.5 Å². The van der Waals surface area contributed by atoms with Crippen molar-refractivity contribution in [2.45, 2.75) is 39.5 Å². The lowest BCUT2D eigenvalue weighted by atomic mass is 9.91. The van der Waals surface area contributed by atoms with Crippen LogP contribution < -0.4 is 9.47 Å². The second kappa shape index (κ2) is 9.11. The maximum atomic E-state index is 11.8. The van der Waals surface area contributed by atoms with Gasteiger partial charge in [0.05, 0.1) is 19.1 Å². The van der Waals surface area contributed by atoms with Crippen LogP contribution in [-0.4, -0.2) is 24.3 Å². The lowest BCUT2D eigenvalue weighted by molar-refractivity contribution is -0.138. The van der Waals surface area contributed by atoms with E-state index in [0.717, 1.165) is 17.5 Å². The lowest BCUT2D eigenvalue weighted by Crippen LogP contribution is -2.14. The molecule has 1 atom stereocenters. The van der Waals surface area contributed by atoms with Crippen LogP contribution in [0.4, 0.5) is 0 Å². The summed E-state index contributed by atoms with van der Waals surface area (Å²) in [6.07, 6.45) is 1.35. The minimum absolute atomic E-state index is 0.410. The molecule has 1 unspecified atom stereocenters. The molecular weight excluding hydrogens is 316 g/mol. The van der Waals surface area contributed by atoms with E-state index in [2.05, 4.69) is 6.92 Å². The molecule has 0 bridgehead atoms. The normalized spacial score (nSPS) is 11.8. The van der Waals surface area contributed by atoms with Crippen LogP contribution >= 0.6 is 0 Å². The monoisotopic (exact) mass is 342 g/mol. The third-order valence-corrected chi connectivity index (χ3v) is 4.14. The van der Waals surface area contributed by atoms with Crippen molar-refractivity contribution in [2.24, 2.45) is 0 Å². The van der Waals surface area contributed by atoms with Gasteiger partial charge in [-0.25, -0.2) is 0 Å². The van der Waals surface area contributed by atoms with Crippen molar-refractivity contribution in [1.82, 2.24) is 0 Å². The van der Waals surface area contributed by atoms with Gasteiger partial charge in [0, 0.05) is 0 Å². The molecule has 2 rings (SSSR count). The third-order valence-electron chi connectivity index (χ3n) is 4.14. The van der Waals surface area contributed by atoms with Gasteiger partial charge in [0.1, 0.15) is 0 Å². The quantitative estimate of drug-likeness (QED) is 0.731. The van der Waals surface area contributed by atoms with Gasteiger partial charge in [0.25, 0.3) is 0 Å². The van der Waals surface area contributed by atoms with Gasteiger partial charge in [0.15, 0.2) is 11.5 Å². The molecule has 0 saturated carbocycles. The fourth-order valence-corrected chi connectivity index (χ4v) is 2.79. The van der Waals surface area contributed by atoms with Crippen molar-refractivity contribution in [1.29, 1.82) is 0 Å². The molecule has 0 aromatic heterocycles. The number of rotatable bonds is 9. The standard InChI is InChI=1S/C21H26O4/c1-4-15-7-10-17(11-8-15)18(21(22)23)13-16-9-12-19(24-5-2)20(14-16)25-6-3/h7-12,14,18H,4-6,13H2,1-3H3,(H,22,23). The molecule has 1 N–H and O–H groups in total. The molecule has 0 fully saturated rings. The number of hydrogen-bond donors (Lipinski definition) is 1. The van der Waals surface area contributed by atoms with Crippen LogP contribution in [0, 0.1) is 0 Å². The molecule has 0 spiro atoms. The van der Waals surface area contributed by atoms with Crippen molar-refractivity contribution < 1.29 is 19.4 Å². The summed E-state index contributed by atoms with van der Waals surface area (Å²) in [6.45, 7) is 7.01. The van der Waals surface area contributed by atoms with E-state index in [9.17, 15) is 9.90 Å². The molecule has 0 saturated heterocycles. The number of hydrogen-bond acceptors (Lipinski definition) is 3. The summed E-state index contributed by atoms with van der Waals surface area (Å²) in [7, 11) is 0. The number of aliphatic carboxylic acids is 1. The molecule has 0 aliphatic heterocycles. The van der Waals surface area contributed by atoms with E-state index in [1.165, 1.54) is 5.56 Å². The number of carboxylic acid groups (broad SMARTS) is 1. The summed E-state index contributed by atoms with van der Waals surface area (Å²) in [6, 6.07) is 13.5. The predicted molar refractivity (Wildman–Crippen MR) is 98.7 cm³/mol. The van der Waals surface area contributed by atoms with Crippen LogP contribution in [0.5, 0.6) is 11.5 Å². The summed E-state index contributed by atoms with van der Waals surface area (Å²) < 4.78 is 11.2. The summed E-state index contributed by atoms with van der Waals surface area (Å²) in [5, 5.41) is 9.67. The summed E-state index contributed by atoms with van der Waals surface area (Å²) in [5.41, 5.74) is 2.93. The van der Waals surface area contributed by atoms with E-state index in [4.69, 9.17) is 9.47 Å². The maximum Gasteiger partial charge on any atom is 0.311 e. The first-order chi connectivity index (χ1) is 12.1. The van der Waals surface area contributed by atoms with E-state index in [1.807, 2.05) is 56.3 Å². The Balaban J connectivity index is 2.26. The van der Waals surface area contributed by atoms with Gasteiger partial charge < -0.3 is 14.6 Å². The van der Waals surface area contributed by atoms with Crippen molar-refractivity contribution in [3.05, 3.63) is 59.2 Å². The van der Waals surface area contributed by atoms with Crippen LogP contribution in [0.1, 0.15) is 43.4 Å². The molecule has 0 amide bonds. The first-order valence-corrected chi connectivity index (χ1v) is 8.79. The average Bonchev–Trinajstić information content (AvgIpc) is 2.62. The molecule has 0 aliphatic carbocycles. The van der Waals surface area contributed by atoms with Crippen molar-refractivity contribution in [3.8, 4) is 11.5 Å². The highest BCUT2D eigenvalue weighted by Crippen LogP contribution is 2.31.